The van der Waals surface area contributed by atoms with Crippen molar-refractivity contribution in [1.82, 2.24) is 0 Å². The van der Waals surface area contributed by atoms with Crippen molar-refractivity contribution in [2.75, 3.05) is 0 Å². The Labute approximate surface area is 110 Å². The van der Waals surface area contributed by atoms with E-state index in [0.29, 0.717) is 0 Å². The van der Waals surface area contributed by atoms with Crippen molar-refractivity contribution < 1.29 is 0 Å². The Hall–Kier alpha value is -1.59. The molecule has 0 fully saturated rings. The van der Waals surface area contributed by atoms with Gasteiger partial charge in [0.1, 0.15) is 0 Å². The summed E-state index contributed by atoms with van der Waals surface area (Å²) >= 11 is 3.42. The molecular formula is C15H12BrN. The molecule has 0 aliphatic carbocycles. The summed E-state index contributed by atoms with van der Waals surface area (Å²) in [7, 11) is 0. The molecule has 0 aliphatic rings. The van der Waals surface area contributed by atoms with Gasteiger partial charge in [-0.2, -0.15) is 5.26 Å². The maximum absolute atomic E-state index is 8.82. The maximum atomic E-state index is 8.82. The number of nitrogens with zero attached hydrogens (tertiary/aromatic N) is 1. The highest BCUT2D eigenvalue weighted by Gasteiger charge is 1.97. The van der Waals surface area contributed by atoms with Gasteiger partial charge in [-0.1, -0.05) is 40.2 Å². The lowest BCUT2D eigenvalue weighted by atomic mass is 10.0. The average Bonchev–Trinajstić information content (AvgIpc) is 2.38. The maximum Gasteiger partial charge on any atom is 0.0991 e. The number of hydrogen-bond acceptors (Lipinski definition) is 1. The van der Waals surface area contributed by atoms with E-state index in [1.165, 1.54) is 11.1 Å². The first-order valence-electron chi connectivity index (χ1n) is 5.51. The number of rotatable bonds is 3. The quantitative estimate of drug-likeness (QED) is 0.833. The SMILES string of the molecule is N#Cc1cccc(CCc2ccc(Br)cc2)c1. The minimum atomic E-state index is 0.735. The van der Waals surface area contributed by atoms with Crippen LogP contribution in [-0.2, 0) is 12.8 Å². The van der Waals surface area contributed by atoms with Gasteiger partial charge in [-0.05, 0) is 48.2 Å². The van der Waals surface area contributed by atoms with E-state index in [1.54, 1.807) is 0 Å². The molecule has 0 saturated carbocycles. The summed E-state index contributed by atoms with van der Waals surface area (Å²) < 4.78 is 1.10. The zero-order valence-corrected chi connectivity index (χ0v) is 10.9. The van der Waals surface area contributed by atoms with Gasteiger partial charge in [-0.25, -0.2) is 0 Å². The summed E-state index contributed by atoms with van der Waals surface area (Å²) in [5.41, 5.74) is 3.26. The highest BCUT2D eigenvalue weighted by atomic mass is 79.9. The van der Waals surface area contributed by atoms with Crippen molar-refractivity contribution >= 4 is 15.9 Å². The Balaban J connectivity index is 2.02. The number of halogens is 1. The van der Waals surface area contributed by atoms with Crippen LogP contribution in [-0.4, -0.2) is 0 Å². The van der Waals surface area contributed by atoms with Crippen LogP contribution >= 0.6 is 15.9 Å². The molecule has 0 bridgehead atoms. The molecule has 0 aliphatic heterocycles. The summed E-state index contributed by atoms with van der Waals surface area (Å²) in [5.74, 6) is 0. The Morgan fingerprint density at radius 1 is 0.941 bits per heavy atom. The summed E-state index contributed by atoms with van der Waals surface area (Å²) in [5, 5.41) is 8.82. The van der Waals surface area contributed by atoms with Crippen LogP contribution in [0.4, 0.5) is 0 Å². The predicted molar refractivity (Wildman–Crippen MR) is 72.7 cm³/mol. The molecule has 0 heterocycles. The smallest absolute Gasteiger partial charge is 0.0991 e. The first kappa shape index (κ1) is 11.9. The number of benzene rings is 2. The second kappa shape index (κ2) is 5.65. The summed E-state index contributed by atoms with van der Waals surface area (Å²) in [6, 6.07) is 18.3. The van der Waals surface area contributed by atoms with Crippen molar-refractivity contribution in [1.29, 1.82) is 5.26 Å². The molecule has 0 aromatic heterocycles. The van der Waals surface area contributed by atoms with Crippen LogP contribution in [0, 0.1) is 11.3 Å². The fourth-order valence-corrected chi connectivity index (χ4v) is 2.00. The molecule has 1 nitrogen and oxygen atoms in total. The molecule has 0 unspecified atom stereocenters. The van der Waals surface area contributed by atoms with Gasteiger partial charge in [0.25, 0.3) is 0 Å². The van der Waals surface area contributed by atoms with Gasteiger partial charge < -0.3 is 0 Å². The van der Waals surface area contributed by atoms with E-state index < -0.39 is 0 Å². The van der Waals surface area contributed by atoms with Gasteiger partial charge in [0, 0.05) is 4.47 Å². The second-order valence-electron chi connectivity index (χ2n) is 3.94. The van der Waals surface area contributed by atoms with E-state index in [1.807, 2.05) is 18.2 Å². The van der Waals surface area contributed by atoms with Crippen molar-refractivity contribution in [2.24, 2.45) is 0 Å². The lowest BCUT2D eigenvalue weighted by molar-refractivity contribution is 0.959. The zero-order valence-electron chi connectivity index (χ0n) is 9.36. The van der Waals surface area contributed by atoms with Crippen molar-refractivity contribution in [2.45, 2.75) is 12.8 Å². The number of aryl methyl sites for hydroxylation is 2. The lowest BCUT2D eigenvalue weighted by Gasteiger charge is -2.02. The predicted octanol–water partition coefficient (Wildman–Crippen LogP) is 4.11. The Morgan fingerprint density at radius 3 is 2.35 bits per heavy atom. The van der Waals surface area contributed by atoms with Gasteiger partial charge >= 0.3 is 0 Å². The molecule has 2 rings (SSSR count). The van der Waals surface area contributed by atoms with Crippen molar-refractivity contribution in [3.8, 4) is 6.07 Å². The summed E-state index contributed by atoms with van der Waals surface area (Å²) in [4.78, 5) is 0. The zero-order chi connectivity index (χ0) is 12.1. The van der Waals surface area contributed by atoms with E-state index >= 15 is 0 Å². The van der Waals surface area contributed by atoms with Crippen LogP contribution in [0.5, 0.6) is 0 Å². The van der Waals surface area contributed by atoms with E-state index in [2.05, 4.69) is 52.3 Å². The van der Waals surface area contributed by atoms with E-state index in [4.69, 9.17) is 5.26 Å². The van der Waals surface area contributed by atoms with E-state index in [9.17, 15) is 0 Å². The Morgan fingerprint density at radius 2 is 1.65 bits per heavy atom. The van der Waals surface area contributed by atoms with Gasteiger partial charge in [0.05, 0.1) is 11.6 Å². The second-order valence-corrected chi connectivity index (χ2v) is 4.85. The molecule has 0 atom stereocenters. The molecule has 2 heteroatoms. The van der Waals surface area contributed by atoms with Crippen LogP contribution in [0.25, 0.3) is 0 Å². The molecule has 17 heavy (non-hydrogen) atoms. The molecule has 0 saturated heterocycles. The van der Waals surface area contributed by atoms with Crippen LogP contribution in [0.15, 0.2) is 53.0 Å². The summed E-state index contributed by atoms with van der Waals surface area (Å²) in [6.45, 7) is 0. The summed E-state index contributed by atoms with van der Waals surface area (Å²) in [6.07, 6.45) is 1.97. The largest absolute Gasteiger partial charge is 0.192 e. The molecule has 84 valence electrons. The number of hydrogen-bond donors (Lipinski definition) is 0. The number of nitriles is 1. The first-order chi connectivity index (χ1) is 8.28. The van der Waals surface area contributed by atoms with E-state index in [-0.39, 0.29) is 0 Å². The average molecular weight is 286 g/mol. The van der Waals surface area contributed by atoms with Gasteiger partial charge in [0.15, 0.2) is 0 Å². The van der Waals surface area contributed by atoms with E-state index in [0.717, 1.165) is 22.9 Å². The fourth-order valence-electron chi connectivity index (χ4n) is 1.74. The minimum Gasteiger partial charge on any atom is -0.192 e. The molecule has 0 spiro atoms. The normalized spacial score (nSPS) is 9.88. The third-order valence-corrected chi connectivity index (χ3v) is 3.20. The van der Waals surface area contributed by atoms with Gasteiger partial charge in [-0.15, -0.1) is 0 Å². The van der Waals surface area contributed by atoms with Crippen molar-refractivity contribution in [3.05, 3.63) is 69.7 Å². The minimum absolute atomic E-state index is 0.735. The molecule has 2 aromatic rings. The first-order valence-corrected chi connectivity index (χ1v) is 6.31. The van der Waals surface area contributed by atoms with Crippen LogP contribution in [0.3, 0.4) is 0 Å². The lowest BCUT2D eigenvalue weighted by Crippen LogP contribution is -1.91. The van der Waals surface area contributed by atoms with Crippen LogP contribution in [0.2, 0.25) is 0 Å². The molecule has 0 amide bonds. The molecular weight excluding hydrogens is 274 g/mol. The monoisotopic (exact) mass is 285 g/mol. The highest BCUT2D eigenvalue weighted by Crippen LogP contribution is 2.13. The van der Waals surface area contributed by atoms with Crippen LogP contribution in [0.1, 0.15) is 16.7 Å². The third kappa shape index (κ3) is 3.44. The van der Waals surface area contributed by atoms with Crippen molar-refractivity contribution in [3.63, 3.8) is 0 Å². The van der Waals surface area contributed by atoms with Gasteiger partial charge in [-0.3, -0.25) is 0 Å². The molecule has 0 N–H and O–H groups in total. The Bertz CT molecular complexity index is 538. The highest BCUT2D eigenvalue weighted by molar-refractivity contribution is 9.10. The molecule has 0 radical (unpaired) electrons. The fraction of sp³-hybridized carbons (Fsp3) is 0.133. The van der Waals surface area contributed by atoms with Crippen LogP contribution < -0.4 is 0 Å². The standard InChI is InChI=1S/C15H12BrN/c16-15-8-6-12(7-9-15)4-5-13-2-1-3-14(10-13)11-17/h1-3,6-10H,4-5H2. The Kier molecular flexibility index (Phi) is 3.95. The van der Waals surface area contributed by atoms with Gasteiger partial charge in [0.2, 0.25) is 0 Å². The molecule has 2 aromatic carbocycles. The third-order valence-electron chi connectivity index (χ3n) is 2.67. The topological polar surface area (TPSA) is 23.8 Å².